The van der Waals surface area contributed by atoms with Crippen molar-refractivity contribution in [3.05, 3.63) is 52.0 Å². The Balaban J connectivity index is 1.61. The minimum atomic E-state index is -2.32. The molecule has 7 nitrogen and oxygen atoms in total. The highest BCUT2D eigenvalue weighted by Crippen LogP contribution is 2.55. The first kappa shape index (κ1) is 30.7. The maximum atomic E-state index is 13.8. The molecule has 0 aromatic heterocycles. The Labute approximate surface area is 242 Å². The summed E-state index contributed by atoms with van der Waals surface area (Å²) in [4.78, 5) is 28.9. The summed E-state index contributed by atoms with van der Waals surface area (Å²) >= 11 is 1.80. The summed E-state index contributed by atoms with van der Waals surface area (Å²) in [5.74, 6) is -2.08. The highest BCUT2D eigenvalue weighted by molar-refractivity contribution is 7.99. The van der Waals surface area contributed by atoms with Gasteiger partial charge in [-0.25, -0.2) is 0 Å². The van der Waals surface area contributed by atoms with Gasteiger partial charge >= 0.3 is 0 Å². The van der Waals surface area contributed by atoms with Gasteiger partial charge in [0.05, 0.1) is 11.6 Å². The van der Waals surface area contributed by atoms with E-state index in [0.29, 0.717) is 5.75 Å². The van der Waals surface area contributed by atoms with Gasteiger partial charge in [-0.05, 0) is 57.2 Å². The predicted molar refractivity (Wildman–Crippen MR) is 159 cm³/mol. The Morgan fingerprint density at radius 2 is 1.65 bits per heavy atom. The van der Waals surface area contributed by atoms with E-state index in [4.69, 9.17) is 0 Å². The Morgan fingerprint density at radius 3 is 2.30 bits per heavy atom. The number of unbranched alkanes of at least 4 members (excludes halogenated alkanes) is 7. The van der Waals surface area contributed by atoms with Crippen LogP contribution >= 0.6 is 11.8 Å². The summed E-state index contributed by atoms with van der Waals surface area (Å²) in [6, 6.07) is 4.35. The van der Waals surface area contributed by atoms with E-state index >= 15 is 0 Å². The molecule has 1 aromatic rings. The number of phenols is 1. The van der Waals surface area contributed by atoms with E-state index in [1.54, 1.807) is 36.8 Å². The molecule has 0 amide bonds. The number of thioether (sulfide) groups is 1. The Hall–Kier alpha value is -2.29. The molecular formula is C32H45NO6S. The molecule has 0 heterocycles. The number of fused-ring (bicyclic) bond motifs is 3. The SMILES string of the molecule is CCCCCCCCCCSCC1c2cccc(O)c2C(=O)C2=C(O)C3(O)C(=O)C(C)=C(O)C(N(C)C)C3CC21. The minimum Gasteiger partial charge on any atom is -0.510 e. The highest BCUT2D eigenvalue weighted by Gasteiger charge is 2.62. The number of aliphatic hydroxyl groups excluding tert-OH is 2. The van der Waals surface area contributed by atoms with Gasteiger partial charge in [-0.15, -0.1) is 0 Å². The largest absolute Gasteiger partial charge is 0.510 e. The number of carbonyl (C=O) groups excluding carboxylic acids is 2. The van der Waals surface area contributed by atoms with E-state index in [2.05, 4.69) is 6.92 Å². The van der Waals surface area contributed by atoms with Gasteiger partial charge in [0.2, 0.25) is 5.78 Å². The first-order valence-corrected chi connectivity index (χ1v) is 15.9. The second-order valence-electron chi connectivity index (χ2n) is 12.0. The zero-order valence-electron chi connectivity index (χ0n) is 24.3. The third-order valence-electron chi connectivity index (χ3n) is 9.19. The normalized spacial score (nSPS) is 28.1. The van der Waals surface area contributed by atoms with Gasteiger partial charge in [-0.3, -0.25) is 14.5 Å². The molecule has 4 rings (SSSR count). The van der Waals surface area contributed by atoms with Crippen LogP contribution in [0.2, 0.25) is 0 Å². The predicted octanol–water partition coefficient (Wildman–Crippen LogP) is 6.07. The van der Waals surface area contributed by atoms with Crippen molar-refractivity contribution in [3.8, 4) is 5.75 Å². The van der Waals surface area contributed by atoms with Crippen LogP contribution < -0.4 is 0 Å². The van der Waals surface area contributed by atoms with E-state index in [-0.39, 0.29) is 40.6 Å². The van der Waals surface area contributed by atoms with Crippen molar-refractivity contribution in [2.45, 2.75) is 89.2 Å². The average Bonchev–Trinajstić information content (AvgIpc) is 2.91. The van der Waals surface area contributed by atoms with Crippen LogP contribution in [0.25, 0.3) is 0 Å². The number of hydrogen-bond donors (Lipinski definition) is 4. The third-order valence-corrected chi connectivity index (χ3v) is 10.4. The molecule has 0 saturated heterocycles. The van der Waals surface area contributed by atoms with Crippen LogP contribution in [0, 0.1) is 11.8 Å². The monoisotopic (exact) mass is 571 g/mol. The molecular weight excluding hydrogens is 526 g/mol. The summed E-state index contributed by atoms with van der Waals surface area (Å²) in [7, 11) is 3.52. The number of allylic oxidation sites excluding steroid dienone is 1. The number of aromatic hydroxyl groups is 1. The minimum absolute atomic E-state index is 0.0190. The van der Waals surface area contributed by atoms with Gasteiger partial charge in [0.25, 0.3) is 0 Å². The lowest BCUT2D eigenvalue weighted by Crippen LogP contribution is -2.63. The van der Waals surface area contributed by atoms with Crippen LogP contribution in [0.1, 0.15) is 93.5 Å². The Morgan fingerprint density at radius 1 is 1.00 bits per heavy atom. The fraction of sp³-hybridized carbons (Fsp3) is 0.625. The lowest BCUT2D eigenvalue weighted by atomic mass is 9.56. The number of phenolic OH excluding ortho intramolecular Hbond substituents is 1. The van der Waals surface area contributed by atoms with Crippen molar-refractivity contribution in [3.63, 3.8) is 0 Å². The van der Waals surface area contributed by atoms with Crippen LogP contribution in [0.3, 0.4) is 0 Å². The molecule has 3 aliphatic rings. The zero-order chi connectivity index (χ0) is 29.2. The Kier molecular flexibility index (Phi) is 9.74. The standard InChI is InChI=1S/C32H45NO6S/c1-5-6-7-8-9-10-11-12-16-40-18-22-20-14-13-15-24(34)25(20)29(36)26-21(22)17-23-27(33(3)4)28(35)19(2)30(37)32(23,39)31(26)38/h13-15,21-23,27,34-35,38-39H,5-12,16-18H2,1-4H3. The lowest BCUT2D eigenvalue weighted by molar-refractivity contribution is -0.147. The molecule has 0 bridgehead atoms. The van der Waals surface area contributed by atoms with Crippen LogP contribution in [-0.4, -0.2) is 74.1 Å². The first-order valence-electron chi connectivity index (χ1n) is 14.8. The number of carbonyl (C=O) groups is 2. The van der Waals surface area contributed by atoms with Crippen molar-refractivity contribution in [1.29, 1.82) is 0 Å². The van der Waals surface area contributed by atoms with Crippen LogP contribution in [-0.2, 0) is 4.79 Å². The molecule has 0 spiro atoms. The van der Waals surface area contributed by atoms with Crippen molar-refractivity contribution >= 4 is 23.3 Å². The third kappa shape index (κ3) is 5.35. The second-order valence-corrected chi connectivity index (χ2v) is 13.1. The average molecular weight is 572 g/mol. The topological polar surface area (TPSA) is 118 Å². The molecule has 5 atom stereocenters. The van der Waals surface area contributed by atoms with Gasteiger partial charge in [0, 0.05) is 28.7 Å². The number of hydrogen-bond acceptors (Lipinski definition) is 8. The molecule has 0 aliphatic heterocycles. The van der Waals surface area contributed by atoms with Crippen molar-refractivity contribution in [1.82, 2.24) is 4.90 Å². The molecule has 5 unspecified atom stereocenters. The molecule has 220 valence electrons. The molecule has 8 heteroatoms. The first-order chi connectivity index (χ1) is 19.1. The molecule has 0 saturated carbocycles. The molecule has 0 fully saturated rings. The second kappa shape index (κ2) is 12.7. The molecule has 1 aromatic carbocycles. The van der Waals surface area contributed by atoms with E-state index in [0.717, 1.165) is 17.7 Å². The summed E-state index contributed by atoms with van der Waals surface area (Å²) < 4.78 is 0. The van der Waals surface area contributed by atoms with Crippen LogP contribution in [0.15, 0.2) is 40.9 Å². The van der Waals surface area contributed by atoms with Crippen LogP contribution in [0.4, 0.5) is 0 Å². The number of aliphatic hydroxyl groups is 3. The quantitative estimate of drug-likeness (QED) is 0.223. The molecule has 3 aliphatic carbocycles. The Bertz CT molecular complexity index is 1190. The van der Waals surface area contributed by atoms with Gasteiger partial charge in [-0.2, -0.15) is 11.8 Å². The van der Waals surface area contributed by atoms with Crippen molar-refractivity contribution < 1.29 is 30.0 Å². The molecule has 40 heavy (non-hydrogen) atoms. The summed E-state index contributed by atoms with van der Waals surface area (Å²) in [5, 5.41) is 45.0. The smallest absolute Gasteiger partial charge is 0.201 e. The number of benzene rings is 1. The van der Waals surface area contributed by atoms with Gasteiger partial charge in [0.15, 0.2) is 11.4 Å². The number of ketones is 2. The zero-order valence-corrected chi connectivity index (χ0v) is 25.1. The van der Waals surface area contributed by atoms with Gasteiger partial charge in [-0.1, -0.05) is 64.0 Å². The number of likely N-dealkylation sites (N-methyl/N-ethyl adjacent to an activating group) is 1. The summed E-state index contributed by atoms with van der Waals surface area (Å²) in [6.45, 7) is 3.66. The highest BCUT2D eigenvalue weighted by atomic mass is 32.2. The fourth-order valence-corrected chi connectivity index (χ4v) is 8.27. The number of nitrogens with zero attached hydrogens (tertiary/aromatic N) is 1. The maximum absolute atomic E-state index is 13.8. The maximum Gasteiger partial charge on any atom is 0.201 e. The number of Topliss-reactive ketones (excluding diaryl/α,β-unsaturated/α-hetero) is 2. The summed E-state index contributed by atoms with van der Waals surface area (Å²) in [6.07, 6.45) is 10.2. The number of rotatable bonds is 12. The lowest BCUT2D eigenvalue weighted by Gasteiger charge is -2.51. The fourth-order valence-electron chi connectivity index (χ4n) is 7.03. The molecule has 0 radical (unpaired) electrons. The van der Waals surface area contributed by atoms with Gasteiger partial charge in [0.1, 0.15) is 17.3 Å². The van der Waals surface area contributed by atoms with E-state index in [1.165, 1.54) is 57.9 Å². The van der Waals surface area contributed by atoms with E-state index < -0.39 is 40.8 Å². The van der Waals surface area contributed by atoms with Crippen molar-refractivity contribution in [2.24, 2.45) is 11.8 Å². The van der Waals surface area contributed by atoms with E-state index in [1.807, 2.05) is 6.07 Å². The van der Waals surface area contributed by atoms with Crippen molar-refractivity contribution in [2.75, 3.05) is 25.6 Å². The van der Waals surface area contributed by atoms with Gasteiger partial charge < -0.3 is 20.4 Å². The summed E-state index contributed by atoms with van der Waals surface area (Å²) in [5.41, 5.74) is -1.44. The van der Waals surface area contributed by atoms with Crippen LogP contribution in [0.5, 0.6) is 5.75 Å². The molecule has 4 N–H and O–H groups in total. The van der Waals surface area contributed by atoms with E-state index in [9.17, 15) is 30.0 Å².